The van der Waals surface area contributed by atoms with Crippen molar-refractivity contribution in [3.63, 3.8) is 0 Å². The first-order valence-electron chi connectivity index (χ1n) is 6.80. The van der Waals surface area contributed by atoms with Crippen LogP contribution in [0.5, 0.6) is 0 Å². The number of likely N-dealkylation sites (tertiary alicyclic amines) is 1. The minimum absolute atomic E-state index is 0.107. The van der Waals surface area contributed by atoms with Crippen LogP contribution in [0.25, 0.3) is 0 Å². The lowest BCUT2D eigenvalue weighted by molar-refractivity contribution is -0.130. The van der Waals surface area contributed by atoms with Gasteiger partial charge in [0.1, 0.15) is 5.82 Å². The molecule has 0 aliphatic carbocycles. The summed E-state index contributed by atoms with van der Waals surface area (Å²) in [5.74, 6) is -0.167. The fourth-order valence-electron chi connectivity index (χ4n) is 2.43. The van der Waals surface area contributed by atoms with E-state index in [4.69, 9.17) is 0 Å². The number of aliphatic hydroxyl groups excluding tert-OH is 1. The Morgan fingerprint density at radius 3 is 2.74 bits per heavy atom. The van der Waals surface area contributed by atoms with E-state index in [0.29, 0.717) is 24.0 Å². The number of nitrogens with zero attached hydrogens (tertiary/aromatic N) is 1. The maximum Gasteiger partial charge on any atom is 0.222 e. The van der Waals surface area contributed by atoms with Crippen LogP contribution in [-0.4, -0.2) is 29.0 Å². The van der Waals surface area contributed by atoms with E-state index in [0.717, 1.165) is 25.9 Å². The molecule has 1 fully saturated rings. The van der Waals surface area contributed by atoms with Crippen molar-refractivity contribution in [1.82, 2.24) is 4.90 Å². The van der Waals surface area contributed by atoms with Crippen LogP contribution in [0.4, 0.5) is 4.39 Å². The molecule has 3 nitrogen and oxygen atoms in total. The summed E-state index contributed by atoms with van der Waals surface area (Å²) in [7, 11) is 0. The highest BCUT2D eigenvalue weighted by molar-refractivity contribution is 5.76. The van der Waals surface area contributed by atoms with Gasteiger partial charge in [0.2, 0.25) is 5.91 Å². The second-order valence-electron chi connectivity index (χ2n) is 5.15. The highest BCUT2D eigenvalue weighted by atomic mass is 19.1. The van der Waals surface area contributed by atoms with Crippen molar-refractivity contribution in [3.05, 3.63) is 35.1 Å². The van der Waals surface area contributed by atoms with Crippen molar-refractivity contribution >= 4 is 5.91 Å². The van der Waals surface area contributed by atoms with Crippen LogP contribution in [-0.2, 0) is 4.79 Å². The van der Waals surface area contributed by atoms with E-state index in [-0.39, 0.29) is 11.7 Å². The summed E-state index contributed by atoms with van der Waals surface area (Å²) in [4.78, 5) is 13.7. The predicted molar refractivity (Wildman–Crippen MR) is 71.1 cm³/mol. The Morgan fingerprint density at radius 2 is 2.11 bits per heavy atom. The topological polar surface area (TPSA) is 40.5 Å². The number of aryl methyl sites for hydroxylation is 1. The average Bonchev–Trinajstić information content (AvgIpc) is 2.92. The quantitative estimate of drug-likeness (QED) is 0.909. The first-order valence-corrected chi connectivity index (χ1v) is 6.80. The van der Waals surface area contributed by atoms with Crippen LogP contribution >= 0.6 is 0 Å². The third-order valence-electron chi connectivity index (χ3n) is 3.66. The molecule has 0 saturated carbocycles. The van der Waals surface area contributed by atoms with Gasteiger partial charge in [-0.25, -0.2) is 4.39 Å². The second kappa shape index (κ2) is 6.15. The summed E-state index contributed by atoms with van der Waals surface area (Å²) in [5, 5.41) is 10.0. The van der Waals surface area contributed by atoms with Gasteiger partial charge in [-0.3, -0.25) is 4.79 Å². The largest absolute Gasteiger partial charge is 0.388 e. The molecule has 1 unspecified atom stereocenters. The first-order chi connectivity index (χ1) is 9.08. The van der Waals surface area contributed by atoms with E-state index in [1.165, 1.54) is 6.07 Å². The zero-order valence-corrected chi connectivity index (χ0v) is 11.2. The molecule has 1 aromatic carbocycles. The molecule has 2 rings (SSSR count). The third kappa shape index (κ3) is 3.53. The molecule has 0 bridgehead atoms. The molecule has 1 aliphatic rings. The SMILES string of the molecule is Cc1cc(C(O)CCC(=O)N2CCCC2)ccc1F. The average molecular weight is 265 g/mol. The molecular weight excluding hydrogens is 245 g/mol. The van der Waals surface area contributed by atoms with E-state index in [2.05, 4.69) is 0 Å². The maximum absolute atomic E-state index is 13.1. The van der Waals surface area contributed by atoms with Gasteiger partial charge in [0.25, 0.3) is 0 Å². The van der Waals surface area contributed by atoms with Gasteiger partial charge in [-0.1, -0.05) is 12.1 Å². The van der Waals surface area contributed by atoms with Crippen LogP contribution in [0.2, 0.25) is 0 Å². The van der Waals surface area contributed by atoms with Gasteiger partial charge < -0.3 is 10.0 Å². The first kappa shape index (κ1) is 14.0. The second-order valence-corrected chi connectivity index (χ2v) is 5.15. The Bertz CT molecular complexity index is 455. The van der Waals surface area contributed by atoms with Gasteiger partial charge in [-0.15, -0.1) is 0 Å². The lowest BCUT2D eigenvalue weighted by atomic mass is 10.0. The molecule has 1 atom stereocenters. The molecule has 1 N–H and O–H groups in total. The summed E-state index contributed by atoms with van der Waals surface area (Å²) < 4.78 is 13.1. The molecule has 1 aliphatic heterocycles. The maximum atomic E-state index is 13.1. The van der Waals surface area contributed by atoms with Crippen molar-refractivity contribution in [2.75, 3.05) is 13.1 Å². The molecule has 4 heteroatoms. The third-order valence-corrected chi connectivity index (χ3v) is 3.66. The number of hydrogen-bond acceptors (Lipinski definition) is 2. The number of carbonyl (C=O) groups excluding carboxylic acids is 1. The normalized spacial score (nSPS) is 16.7. The van der Waals surface area contributed by atoms with Crippen molar-refractivity contribution in [3.8, 4) is 0 Å². The number of hydrogen-bond donors (Lipinski definition) is 1. The van der Waals surface area contributed by atoms with Crippen LogP contribution in [0.1, 0.15) is 42.9 Å². The van der Waals surface area contributed by atoms with Crippen LogP contribution in [0.15, 0.2) is 18.2 Å². The van der Waals surface area contributed by atoms with Gasteiger partial charge in [0.05, 0.1) is 6.10 Å². The zero-order valence-electron chi connectivity index (χ0n) is 11.2. The zero-order chi connectivity index (χ0) is 13.8. The molecule has 0 aromatic heterocycles. The number of benzene rings is 1. The fourth-order valence-corrected chi connectivity index (χ4v) is 2.43. The molecular formula is C15H20FNO2. The molecule has 1 saturated heterocycles. The Hall–Kier alpha value is -1.42. The van der Waals surface area contributed by atoms with Crippen molar-refractivity contribution in [2.24, 2.45) is 0 Å². The molecule has 1 amide bonds. The molecule has 104 valence electrons. The highest BCUT2D eigenvalue weighted by Gasteiger charge is 2.19. The number of carbonyl (C=O) groups is 1. The Labute approximate surface area is 113 Å². The van der Waals surface area contributed by atoms with Gasteiger partial charge in [-0.05, 0) is 43.4 Å². The van der Waals surface area contributed by atoms with Crippen LogP contribution < -0.4 is 0 Å². The van der Waals surface area contributed by atoms with E-state index in [9.17, 15) is 14.3 Å². The number of aliphatic hydroxyl groups is 1. The van der Waals surface area contributed by atoms with Gasteiger partial charge in [0, 0.05) is 19.5 Å². The highest BCUT2D eigenvalue weighted by Crippen LogP contribution is 2.21. The molecule has 1 aromatic rings. The van der Waals surface area contributed by atoms with Crippen LogP contribution in [0, 0.1) is 12.7 Å². The Morgan fingerprint density at radius 1 is 1.42 bits per heavy atom. The Balaban J connectivity index is 1.88. The number of rotatable bonds is 4. The van der Waals surface area contributed by atoms with E-state index >= 15 is 0 Å². The number of amides is 1. The van der Waals surface area contributed by atoms with Crippen molar-refractivity contribution in [2.45, 2.75) is 38.7 Å². The molecule has 0 spiro atoms. The van der Waals surface area contributed by atoms with E-state index in [1.54, 1.807) is 19.1 Å². The summed E-state index contributed by atoms with van der Waals surface area (Å²) in [6.45, 7) is 3.34. The summed E-state index contributed by atoms with van der Waals surface area (Å²) in [5.41, 5.74) is 1.19. The monoisotopic (exact) mass is 265 g/mol. The number of halogens is 1. The van der Waals surface area contributed by atoms with Crippen LogP contribution in [0.3, 0.4) is 0 Å². The van der Waals surface area contributed by atoms with Gasteiger partial charge >= 0.3 is 0 Å². The van der Waals surface area contributed by atoms with Crippen molar-refractivity contribution in [1.29, 1.82) is 0 Å². The minimum Gasteiger partial charge on any atom is -0.388 e. The lowest BCUT2D eigenvalue weighted by Crippen LogP contribution is -2.27. The molecule has 1 heterocycles. The standard InChI is InChI=1S/C15H20FNO2/c1-11-10-12(4-5-13(11)16)14(18)6-7-15(19)17-8-2-3-9-17/h4-5,10,14,18H,2-3,6-9H2,1H3. The van der Waals surface area contributed by atoms with Gasteiger partial charge in [-0.2, -0.15) is 0 Å². The minimum atomic E-state index is -0.703. The molecule has 0 radical (unpaired) electrons. The van der Waals surface area contributed by atoms with E-state index in [1.807, 2.05) is 4.90 Å². The van der Waals surface area contributed by atoms with E-state index < -0.39 is 6.10 Å². The van der Waals surface area contributed by atoms with Crippen molar-refractivity contribution < 1.29 is 14.3 Å². The Kier molecular flexibility index (Phi) is 4.53. The predicted octanol–water partition coefficient (Wildman–Crippen LogP) is 2.57. The summed E-state index contributed by atoms with van der Waals surface area (Å²) >= 11 is 0. The summed E-state index contributed by atoms with van der Waals surface area (Å²) in [6.07, 6.45) is 2.18. The molecule has 19 heavy (non-hydrogen) atoms. The summed E-state index contributed by atoms with van der Waals surface area (Å²) in [6, 6.07) is 4.57. The smallest absolute Gasteiger partial charge is 0.222 e. The van der Waals surface area contributed by atoms with Gasteiger partial charge in [0.15, 0.2) is 0 Å². The lowest BCUT2D eigenvalue weighted by Gasteiger charge is -2.17. The fraction of sp³-hybridized carbons (Fsp3) is 0.533.